The van der Waals surface area contributed by atoms with E-state index in [9.17, 15) is 13.5 Å². The summed E-state index contributed by atoms with van der Waals surface area (Å²) in [5, 5.41) is 8.89. The van der Waals surface area contributed by atoms with E-state index in [1.165, 1.54) is 76.0 Å². The van der Waals surface area contributed by atoms with E-state index in [0.717, 1.165) is 12.8 Å². The number of hydrogen-bond donors (Lipinski definition) is 1. The van der Waals surface area contributed by atoms with Crippen molar-refractivity contribution in [1.29, 1.82) is 0 Å². The van der Waals surface area contributed by atoms with Crippen LogP contribution in [-0.2, 0) is 10.1 Å². The maximum Gasteiger partial charge on any atom is 0.311 e. The van der Waals surface area contributed by atoms with Gasteiger partial charge in [-0.3, -0.25) is 0 Å². The van der Waals surface area contributed by atoms with Crippen molar-refractivity contribution in [2.24, 2.45) is 0 Å². The highest BCUT2D eigenvalue weighted by molar-refractivity contribution is 7.87. The van der Waals surface area contributed by atoms with Crippen LogP contribution in [0.2, 0.25) is 0 Å². The van der Waals surface area contributed by atoms with Crippen molar-refractivity contribution in [3.05, 3.63) is 23.8 Å². The van der Waals surface area contributed by atoms with Crippen LogP contribution in [0, 0.1) is 6.92 Å². The molecule has 1 aromatic rings. The van der Waals surface area contributed by atoms with E-state index < -0.39 is 15.4 Å². The molecule has 0 aromatic heterocycles. The second-order valence-electron chi connectivity index (χ2n) is 7.66. The molecule has 1 N–H and O–H groups in total. The molecule has 1 rings (SSSR count). The van der Waals surface area contributed by atoms with Gasteiger partial charge in [0, 0.05) is 0 Å². The van der Waals surface area contributed by atoms with Crippen molar-refractivity contribution in [1.82, 2.24) is 0 Å². The van der Waals surface area contributed by atoms with Crippen LogP contribution in [0.3, 0.4) is 0 Å². The maximum absolute atomic E-state index is 12.4. The lowest BCUT2D eigenvalue weighted by atomic mass is 10.0. The van der Waals surface area contributed by atoms with Crippen LogP contribution in [-0.4, -0.2) is 18.8 Å². The van der Waals surface area contributed by atoms with E-state index in [0.29, 0.717) is 17.7 Å². The Labute approximate surface area is 166 Å². The van der Waals surface area contributed by atoms with Gasteiger partial charge in [-0.25, -0.2) is 0 Å². The quantitative estimate of drug-likeness (QED) is 0.270. The molecule has 0 aliphatic rings. The Morgan fingerprint density at radius 2 is 1.44 bits per heavy atom. The van der Waals surface area contributed by atoms with Crippen molar-refractivity contribution in [3.63, 3.8) is 0 Å². The summed E-state index contributed by atoms with van der Waals surface area (Å²) in [4.78, 5) is 0. The average molecular weight is 399 g/mol. The van der Waals surface area contributed by atoms with Gasteiger partial charge in [0.2, 0.25) is 0 Å². The van der Waals surface area contributed by atoms with E-state index in [1.807, 2.05) is 0 Å². The zero-order chi connectivity index (χ0) is 20.1. The molecule has 0 heterocycles. The Bertz CT molecular complexity index is 625. The molecule has 27 heavy (non-hydrogen) atoms. The van der Waals surface area contributed by atoms with Crippen molar-refractivity contribution >= 4 is 10.1 Å². The first-order valence-corrected chi connectivity index (χ1v) is 12.1. The highest BCUT2D eigenvalue weighted by Gasteiger charge is 2.23. The molecule has 4 nitrogen and oxygen atoms in total. The zero-order valence-electron chi connectivity index (χ0n) is 17.4. The van der Waals surface area contributed by atoms with E-state index in [2.05, 4.69) is 6.92 Å². The van der Waals surface area contributed by atoms with Gasteiger partial charge in [0.05, 0.1) is 5.25 Å². The van der Waals surface area contributed by atoms with Crippen LogP contribution in [0.5, 0.6) is 11.5 Å². The molecule has 1 unspecified atom stereocenters. The molecule has 0 saturated carbocycles. The Balaban J connectivity index is 2.17. The SMILES string of the molecule is CCCCCCCCCCCCCC(C)S(=O)(=O)Oc1ccc(O)cc1C. The molecule has 0 saturated heterocycles. The third kappa shape index (κ3) is 10.0. The molecule has 0 fully saturated rings. The van der Waals surface area contributed by atoms with Gasteiger partial charge in [0.1, 0.15) is 11.5 Å². The van der Waals surface area contributed by atoms with Crippen LogP contribution >= 0.6 is 0 Å². The number of phenols is 1. The summed E-state index contributed by atoms with van der Waals surface area (Å²) in [5.41, 5.74) is 0.612. The van der Waals surface area contributed by atoms with Gasteiger partial charge >= 0.3 is 10.1 Å². The number of benzene rings is 1. The van der Waals surface area contributed by atoms with E-state index in [1.54, 1.807) is 13.8 Å². The number of rotatable bonds is 15. The number of aromatic hydroxyl groups is 1. The van der Waals surface area contributed by atoms with Gasteiger partial charge in [0.25, 0.3) is 0 Å². The van der Waals surface area contributed by atoms with Gasteiger partial charge in [-0.1, -0.05) is 77.6 Å². The first-order chi connectivity index (χ1) is 12.9. The third-order valence-electron chi connectivity index (χ3n) is 5.07. The summed E-state index contributed by atoms with van der Waals surface area (Å²) in [6, 6.07) is 4.43. The molecule has 156 valence electrons. The Hall–Kier alpha value is -1.23. The lowest BCUT2D eigenvalue weighted by Gasteiger charge is -2.15. The van der Waals surface area contributed by atoms with E-state index in [4.69, 9.17) is 4.18 Å². The molecule has 0 aliphatic carbocycles. The molecule has 1 aromatic carbocycles. The molecule has 0 bridgehead atoms. The summed E-state index contributed by atoms with van der Waals surface area (Å²) in [5.74, 6) is 0.393. The fourth-order valence-electron chi connectivity index (χ4n) is 3.17. The van der Waals surface area contributed by atoms with Gasteiger partial charge in [0.15, 0.2) is 0 Å². The fourth-order valence-corrected chi connectivity index (χ4v) is 4.23. The van der Waals surface area contributed by atoms with Crippen molar-refractivity contribution < 1.29 is 17.7 Å². The average Bonchev–Trinajstić information content (AvgIpc) is 2.61. The molecule has 0 radical (unpaired) electrons. The van der Waals surface area contributed by atoms with Crippen molar-refractivity contribution in [2.75, 3.05) is 0 Å². The second-order valence-corrected chi connectivity index (χ2v) is 9.62. The number of phenolic OH excluding ortho intramolecular Hbond substituents is 1. The monoisotopic (exact) mass is 398 g/mol. The first kappa shape index (κ1) is 23.8. The molecule has 0 spiro atoms. The summed E-state index contributed by atoms with van der Waals surface area (Å²) >= 11 is 0. The summed E-state index contributed by atoms with van der Waals surface area (Å²) in [7, 11) is -3.64. The first-order valence-electron chi connectivity index (χ1n) is 10.6. The number of unbranched alkanes of at least 4 members (excludes halogenated alkanes) is 10. The zero-order valence-corrected chi connectivity index (χ0v) is 18.2. The largest absolute Gasteiger partial charge is 0.508 e. The lowest BCUT2D eigenvalue weighted by molar-refractivity contribution is 0.457. The minimum atomic E-state index is -3.64. The van der Waals surface area contributed by atoms with Gasteiger partial charge in [-0.2, -0.15) is 8.42 Å². The summed E-state index contributed by atoms with van der Waals surface area (Å²) in [6.45, 7) is 5.67. The second kappa shape index (κ2) is 13.0. The van der Waals surface area contributed by atoms with Crippen LogP contribution in [0.15, 0.2) is 18.2 Å². The molecule has 5 heteroatoms. The molecular formula is C22H38O4S. The predicted octanol–water partition coefficient (Wildman–Crippen LogP) is 6.50. The smallest absolute Gasteiger partial charge is 0.311 e. The normalized spacial score (nSPS) is 12.9. The van der Waals surface area contributed by atoms with Gasteiger partial charge in [-0.15, -0.1) is 0 Å². The summed E-state index contributed by atoms with van der Waals surface area (Å²) in [6.07, 6.45) is 14.4. The number of hydrogen-bond acceptors (Lipinski definition) is 4. The predicted molar refractivity (Wildman–Crippen MR) is 113 cm³/mol. The van der Waals surface area contributed by atoms with Gasteiger partial charge < -0.3 is 9.29 Å². The third-order valence-corrected chi connectivity index (χ3v) is 6.70. The molecule has 0 amide bonds. The summed E-state index contributed by atoms with van der Waals surface area (Å²) < 4.78 is 30.0. The lowest BCUT2D eigenvalue weighted by Crippen LogP contribution is -2.23. The highest BCUT2D eigenvalue weighted by Crippen LogP contribution is 2.25. The molecule has 0 aliphatic heterocycles. The molecule has 1 atom stereocenters. The van der Waals surface area contributed by atoms with Crippen LogP contribution in [0.1, 0.15) is 96.5 Å². The Morgan fingerprint density at radius 3 is 1.96 bits per heavy atom. The minimum absolute atomic E-state index is 0.103. The fraction of sp³-hybridized carbons (Fsp3) is 0.727. The maximum atomic E-state index is 12.4. The van der Waals surface area contributed by atoms with Crippen LogP contribution in [0.25, 0.3) is 0 Å². The Kier molecular flexibility index (Phi) is 11.5. The van der Waals surface area contributed by atoms with Gasteiger partial charge in [-0.05, 0) is 44.0 Å². The number of aryl methyl sites for hydroxylation is 1. The topological polar surface area (TPSA) is 63.6 Å². The minimum Gasteiger partial charge on any atom is -0.508 e. The van der Waals surface area contributed by atoms with E-state index in [-0.39, 0.29) is 5.75 Å². The Morgan fingerprint density at radius 1 is 0.926 bits per heavy atom. The van der Waals surface area contributed by atoms with Crippen molar-refractivity contribution in [3.8, 4) is 11.5 Å². The van der Waals surface area contributed by atoms with Crippen LogP contribution < -0.4 is 4.18 Å². The van der Waals surface area contributed by atoms with E-state index >= 15 is 0 Å². The van der Waals surface area contributed by atoms with Crippen molar-refractivity contribution in [2.45, 2.75) is 103 Å². The highest BCUT2D eigenvalue weighted by atomic mass is 32.2. The molecular weight excluding hydrogens is 360 g/mol. The van der Waals surface area contributed by atoms with Crippen LogP contribution in [0.4, 0.5) is 0 Å². The standard InChI is InChI=1S/C22H38O4S/c1-4-5-6-7-8-9-10-11-12-13-14-15-20(3)27(24,25)26-22-17-16-21(23)18-19(22)2/h16-18,20,23H,4-15H2,1-3H3.